The highest BCUT2D eigenvalue weighted by Crippen LogP contribution is 2.29. The number of halogens is 3. The molecule has 0 spiro atoms. The molecule has 9 heteroatoms. The minimum atomic E-state index is -4.36. The Balaban J connectivity index is 2.10. The van der Waals surface area contributed by atoms with Gasteiger partial charge in [-0.2, -0.15) is 13.2 Å². The van der Waals surface area contributed by atoms with E-state index in [2.05, 4.69) is 19.9 Å². The average Bonchev–Trinajstić information content (AvgIpc) is 2.82. The van der Waals surface area contributed by atoms with Crippen molar-refractivity contribution in [3.8, 4) is 0 Å². The number of alkyl halides is 3. The molecule has 0 aliphatic rings. The third kappa shape index (κ3) is 3.05. The van der Waals surface area contributed by atoms with Crippen LogP contribution < -0.4 is 11.5 Å². The first-order valence-corrected chi connectivity index (χ1v) is 5.42. The Morgan fingerprint density at radius 3 is 2.35 bits per heavy atom. The van der Waals surface area contributed by atoms with Gasteiger partial charge in [0.2, 0.25) is 0 Å². The first kappa shape index (κ1) is 13.8. The molecule has 20 heavy (non-hydrogen) atoms. The van der Waals surface area contributed by atoms with Crippen molar-refractivity contribution in [1.82, 2.24) is 10.3 Å². The molecular formula is C11H10F3N5O. The summed E-state index contributed by atoms with van der Waals surface area (Å²) in [5.74, 6) is 0.00215. The molecule has 0 saturated carbocycles. The van der Waals surface area contributed by atoms with Crippen molar-refractivity contribution in [3.63, 3.8) is 0 Å². The van der Waals surface area contributed by atoms with Gasteiger partial charge in [0, 0.05) is 0 Å². The van der Waals surface area contributed by atoms with Crippen molar-refractivity contribution in [2.45, 2.75) is 12.7 Å². The maximum absolute atomic E-state index is 12.4. The van der Waals surface area contributed by atoms with E-state index in [1.165, 1.54) is 12.1 Å². The van der Waals surface area contributed by atoms with E-state index in [9.17, 15) is 13.2 Å². The van der Waals surface area contributed by atoms with E-state index in [1.807, 2.05) is 0 Å². The molecule has 1 heterocycles. The molecule has 0 unspecified atom stereocenters. The van der Waals surface area contributed by atoms with Gasteiger partial charge in [-0.05, 0) is 28.0 Å². The van der Waals surface area contributed by atoms with Gasteiger partial charge in [0.15, 0.2) is 17.3 Å². The fraction of sp³-hybridized carbons (Fsp3) is 0.182. The number of rotatable bonds is 3. The number of hydrogen-bond donors (Lipinski definition) is 2. The SMILES string of the molecule is NC(=NCc1ccc(C(F)(F)F)cc1)c1nonc1N. The van der Waals surface area contributed by atoms with Crippen molar-refractivity contribution in [2.24, 2.45) is 10.7 Å². The predicted octanol–water partition coefficient (Wildman–Crippen LogP) is 1.58. The quantitative estimate of drug-likeness (QED) is 0.658. The zero-order chi connectivity index (χ0) is 14.8. The van der Waals surface area contributed by atoms with Crippen molar-refractivity contribution >= 4 is 11.7 Å². The van der Waals surface area contributed by atoms with Gasteiger partial charge in [-0.1, -0.05) is 12.1 Å². The second-order valence-electron chi connectivity index (χ2n) is 3.89. The van der Waals surface area contributed by atoms with Crippen LogP contribution in [0.3, 0.4) is 0 Å². The Hall–Kier alpha value is -2.58. The van der Waals surface area contributed by atoms with Gasteiger partial charge in [-0.3, -0.25) is 4.99 Å². The third-order valence-electron chi connectivity index (χ3n) is 2.47. The minimum absolute atomic E-state index is 0.00123. The summed E-state index contributed by atoms with van der Waals surface area (Å²) in [6.07, 6.45) is -4.36. The van der Waals surface area contributed by atoms with Gasteiger partial charge >= 0.3 is 6.18 Å². The van der Waals surface area contributed by atoms with E-state index in [1.54, 1.807) is 0 Å². The van der Waals surface area contributed by atoms with Crippen LogP contribution in [0.2, 0.25) is 0 Å². The summed E-state index contributed by atoms with van der Waals surface area (Å²) < 4.78 is 41.5. The van der Waals surface area contributed by atoms with Gasteiger partial charge < -0.3 is 11.5 Å². The number of aliphatic imine (C=N–C) groups is 1. The van der Waals surface area contributed by atoms with E-state index < -0.39 is 11.7 Å². The predicted molar refractivity (Wildman–Crippen MR) is 64.6 cm³/mol. The smallest absolute Gasteiger partial charge is 0.382 e. The van der Waals surface area contributed by atoms with Crippen molar-refractivity contribution in [2.75, 3.05) is 5.73 Å². The molecule has 106 valence electrons. The normalized spacial score (nSPS) is 12.7. The molecule has 0 aliphatic heterocycles. The highest BCUT2D eigenvalue weighted by Gasteiger charge is 2.29. The maximum Gasteiger partial charge on any atom is 0.416 e. The first-order chi connectivity index (χ1) is 9.38. The lowest BCUT2D eigenvalue weighted by Crippen LogP contribution is -2.16. The summed E-state index contributed by atoms with van der Waals surface area (Å²) >= 11 is 0. The van der Waals surface area contributed by atoms with E-state index in [-0.39, 0.29) is 23.9 Å². The Bertz CT molecular complexity index is 618. The molecule has 1 aromatic heterocycles. The van der Waals surface area contributed by atoms with E-state index in [0.717, 1.165) is 12.1 Å². The number of nitrogen functional groups attached to an aromatic ring is 1. The Morgan fingerprint density at radius 1 is 1.20 bits per heavy atom. The van der Waals surface area contributed by atoms with Crippen LogP contribution in [0.15, 0.2) is 33.9 Å². The number of aromatic nitrogens is 2. The summed E-state index contributed by atoms with van der Waals surface area (Å²) in [7, 11) is 0. The lowest BCUT2D eigenvalue weighted by molar-refractivity contribution is -0.137. The Kier molecular flexibility index (Phi) is 3.59. The molecule has 2 aromatic rings. The first-order valence-electron chi connectivity index (χ1n) is 5.42. The second kappa shape index (κ2) is 5.19. The largest absolute Gasteiger partial charge is 0.416 e. The molecule has 6 nitrogen and oxygen atoms in total. The molecule has 1 aromatic carbocycles. The number of anilines is 1. The molecule has 0 fully saturated rings. The number of amidine groups is 1. The van der Waals surface area contributed by atoms with Crippen molar-refractivity contribution in [3.05, 3.63) is 41.1 Å². The average molecular weight is 285 g/mol. The highest BCUT2D eigenvalue weighted by molar-refractivity contribution is 5.99. The molecule has 0 aliphatic carbocycles. The lowest BCUT2D eigenvalue weighted by Gasteiger charge is -2.06. The summed E-state index contributed by atoms with van der Waals surface area (Å²) in [5.41, 5.74) is 11.0. The van der Waals surface area contributed by atoms with Crippen LogP contribution >= 0.6 is 0 Å². The zero-order valence-electron chi connectivity index (χ0n) is 10.1. The van der Waals surface area contributed by atoms with Gasteiger partial charge in [0.05, 0.1) is 12.1 Å². The molecule has 0 atom stereocenters. The molecular weight excluding hydrogens is 275 g/mol. The second-order valence-corrected chi connectivity index (χ2v) is 3.89. The molecule has 0 saturated heterocycles. The van der Waals surface area contributed by atoms with Gasteiger partial charge in [-0.15, -0.1) is 0 Å². The lowest BCUT2D eigenvalue weighted by atomic mass is 10.1. The van der Waals surface area contributed by atoms with E-state index in [0.29, 0.717) is 5.56 Å². The van der Waals surface area contributed by atoms with Crippen LogP contribution in [0.5, 0.6) is 0 Å². The summed E-state index contributed by atoms with van der Waals surface area (Å²) in [5, 5.41) is 6.80. The zero-order valence-corrected chi connectivity index (χ0v) is 10.1. The maximum atomic E-state index is 12.4. The van der Waals surface area contributed by atoms with Crippen LogP contribution in [0.4, 0.5) is 19.0 Å². The van der Waals surface area contributed by atoms with Gasteiger partial charge in [0.1, 0.15) is 0 Å². The van der Waals surface area contributed by atoms with Crippen LogP contribution in [0.25, 0.3) is 0 Å². The van der Waals surface area contributed by atoms with E-state index >= 15 is 0 Å². The molecule has 0 amide bonds. The fourth-order valence-corrected chi connectivity index (χ4v) is 1.42. The Morgan fingerprint density at radius 2 is 1.85 bits per heavy atom. The monoisotopic (exact) mass is 285 g/mol. The summed E-state index contributed by atoms with van der Waals surface area (Å²) in [6.45, 7) is 0.0935. The Labute approximate surface area is 111 Å². The van der Waals surface area contributed by atoms with Crippen molar-refractivity contribution in [1.29, 1.82) is 0 Å². The van der Waals surface area contributed by atoms with Gasteiger partial charge in [-0.25, -0.2) is 4.63 Å². The van der Waals surface area contributed by atoms with Crippen LogP contribution in [-0.2, 0) is 12.7 Å². The highest BCUT2D eigenvalue weighted by atomic mass is 19.4. The van der Waals surface area contributed by atoms with Gasteiger partial charge in [0.25, 0.3) is 0 Å². The minimum Gasteiger partial charge on any atom is -0.382 e. The molecule has 2 rings (SSSR count). The number of benzene rings is 1. The number of hydrogen-bond acceptors (Lipinski definition) is 5. The van der Waals surface area contributed by atoms with Crippen LogP contribution in [0, 0.1) is 0 Å². The third-order valence-corrected chi connectivity index (χ3v) is 2.47. The van der Waals surface area contributed by atoms with E-state index in [4.69, 9.17) is 11.5 Å². The fourth-order valence-electron chi connectivity index (χ4n) is 1.42. The molecule has 0 radical (unpaired) electrons. The van der Waals surface area contributed by atoms with Crippen LogP contribution in [-0.4, -0.2) is 16.1 Å². The topological polar surface area (TPSA) is 103 Å². The molecule has 4 N–H and O–H groups in total. The summed E-state index contributed by atoms with van der Waals surface area (Å²) in [6, 6.07) is 4.61. The molecule has 0 bridgehead atoms. The number of nitrogens with two attached hydrogens (primary N) is 2. The standard InChI is InChI=1S/C11H10F3N5O/c12-11(13,14)7-3-1-6(2-4-7)5-17-9(15)8-10(16)19-20-18-8/h1-4H,5H2,(H2,15,17)(H2,16,19). The van der Waals surface area contributed by atoms with Crippen LogP contribution in [0.1, 0.15) is 16.8 Å². The number of nitrogens with zero attached hydrogens (tertiary/aromatic N) is 3. The van der Waals surface area contributed by atoms with Crippen molar-refractivity contribution < 1.29 is 17.8 Å². The summed E-state index contributed by atoms with van der Waals surface area (Å²) in [4.78, 5) is 3.96.